The molecule has 0 aromatic carbocycles. The van der Waals surface area contributed by atoms with Crippen LogP contribution in [0.1, 0.15) is 24.0 Å². The van der Waals surface area contributed by atoms with Gasteiger partial charge >= 0.3 is 0 Å². The van der Waals surface area contributed by atoms with Gasteiger partial charge in [-0.15, -0.1) is 0 Å². The van der Waals surface area contributed by atoms with E-state index in [-0.39, 0.29) is 0 Å². The molecule has 0 saturated carbocycles. The number of hydrogen-bond donors (Lipinski definition) is 1. The fourth-order valence-electron chi connectivity index (χ4n) is 1.90. The minimum Gasteiger partial charge on any atom is -0.337 e. The normalized spacial score (nSPS) is 11.0. The molecule has 2 heterocycles. The summed E-state index contributed by atoms with van der Waals surface area (Å²) in [7, 11) is 3.97. The minimum absolute atomic E-state index is 0.779. The van der Waals surface area contributed by atoms with Crippen LogP contribution in [0.2, 0.25) is 0 Å². The Hall–Kier alpha value is -1.62. The van der Waals surface area contributed by atoms with Crippen molar-refractivity contribution < 1.29 is 0 Å². The molecule has 0 aliphatic rings. The minimum atomic E-state index is 0.779. The molecule has 92 valence electrons. The first kappa shape index (κ1) is 11.9. The molecule has 0 atom stereocenters. The van der Waals surface area contributed by atoms with Crippen molar-refractivity contribution in [1.29, 1.82) is 0 Å². The third-order valence-corrected chi connectivity index (χ3v) is 2.85. The number of nitrogens with one attached hydrogen (secondary N) is 1. The number of hydrogen-bond acceptors (Lipinski definition) is 3. The zero-order valence-electron chi connectivity index (χ0n) is 10.6. The van der Waals surface area contributed by atoms with Crippen molar-refractivity contribution in [3.63, 3.8) is 0 Å². The van der Waals surface area contributed by atoms with Gasteiger partial charge in [0, 0.05) is 44.8 Å². The second-order valence-corrected chi connectivity index (χ2v) is 4.19. The predicted octanol–water partition coefficient (Wildman–Crippen LogP) is 1.01. The summed E-state index contributed by atoms with van der Waals surface area (Å²) in [5.41, 5.74) is 2.43. The molecule has 0 fully saturated rings. The molecular weight excluding hydrogens is 214 g/mol. The van der Waals surface area contributed by atoms with Crippen LogP contribution in [0, 0.1) is 0 Å². The van der Waals surface area contributed by atoms with Crippen molar-refractivity contribution in [2.45, 2.75) is 26.4 Å². The molecule has 5 heteroatoms. The smallest absolute Gasteiger partial charge is 0.122 e. The van der Waals surface area contributed by atoms with E-state index in [1.165, 1.54) is 11.3 Å². The lowest BCUT2D eigenvalue weighted by Gasteiger charge is -2.04. The summed E-state index contributed by atoms with van der Waals surface area (Å²) in [6.45, 7) is 3.75. The number of rotatable bonds is 5. The van der Waals surface area contributed by atoms with E-state index < -0.39 is 0 Å². The summed E-state index contributed by atoms with van der Waals surface area (Å²) in [5.74, 6) is 1.05. The van der Waals surface area contributed by atoms with Gasteiger partial charge in [0.2, 0.25) is 0 Å². The molecule has 1 N–H and O–H groups in total. The maximum atomic E-state index is 4.42. The van der Waals surface area contributed by atoms with Crippen LogP contribution < -0.4 is 5.32 Å². The van der Waals surface area contributed by atoms with Gasteiger partial charge in [-0.05, 0) is 6.42 Å². The molecule has 0 bridgehead atoms. The Morgan fingerprint density at radius 2 is 2.12 bits per heavy atom. The highest BCUT2D eigenvalue weighted by molar-refractivity contribution is 5.16. The Kier molecular flexibility index (Phi) is 3.58. The van der Waals surface area contributed by atoms with E-state index in [0.29, 0.717) is 0 Å². The van der Waals surface area contributed by atoms with E-state index in [2.05, 4.69) is 28.5 Å². The molecule has 0 radical (unpaired) electrons. The second kappa shape index (κ2) is 5.14. The number of imidazole rings is 1. The van der Waals surface area contributed by atoms with Crippen LogP contribution in [0.25, 0.3) is 0 Å². The average Bonchev–Trinajstić information content (AvgIpc) is 2.86. The van der Waals surface area contributed by atoms with E-state index in [9.17, 15) is 0 Å². The van der Waals surface area contributed by atoms with Crippen LogP contribution in [-0.2, 0) is 33.6 Å². The molecule has 17 heavy (non-hydrogen) atoms. The van der Waals surface area contributed by atoms with Crippen LogP contribution in [0.4, 0.5) is 0 Å². The Morgan fingerprint density at radius 1 is 1.29 bits per heavy atom. The van der Waals surface area contributed by atoms with Crippen LogP contribution in [0.3, 0.4) is 0 Å². The van der Waals surface area contributed by atoms with Crippen molar-refractivity contribution in [1.82, 2.24) is 24.6 Å². The summed E-state index contributed by atoms with van der Waals surface area (Å²) in [4.78, 5) is 4.27. The molecule has 2 rings (SSSR count). The maximum absolute atomic E-state index is 4.42. The van der Waals surface area contributed by atoms with E-state index in [4.69, 9.17) is 0 Å². The second-order valence-electron chi connectivity index (χ2n) is 4.19. The fraction of sp³-hybridized carbons (Fsp3) is 0.500. The summed E-state index contributed by atoms with van der Waals surface area (Å²) < 4.78 is 3.90. The van der Waals surface area contributed by atoms with Gasteiger partial charge in [0.05, 0.1) is 12.2 Å². The lowest BCUT2D eigenvalue weighted by molar-refractivity contribution is 0.636. The highest BCUT2D eigenvalue weighted by Crippen LogP contribution is 2.06. The lowest BCUT2D eigenvalue weighted by atomic mass is 10.2. The molecule has 0 saturated heterocycles. The molecule has 0 amide bonds. The Morgan fingerprint density at radius 3 is 2.76 bits per heavy atom. The van der Waals surface area contributed by atoms with Gasteiger partial charge in [-0.1, -0.05) is 6.92 Å². The van der Waals surface area contributed by atoms with Crippen LogP contribution in [0.15, 0.2) is 18.6 Å². The fourth-order valence-corrected chi connectivity index (χ4v) is 1.90. The first-order valence-electron chi connectivity index (χ1n) is 5.89. The van der Waals surface area contributed by atoms with E-state index in [1.807, 2.05) is 35.7 Å². The molecule has 0 unspecified atom stereocenters. The van der Waals surface area contributed by atoms with Crippen LogP contribution in [-0.4, -0.2) is 19.3 Å². The molecule has 2 aromatic heterocycles. The van der Waals surface area contributed by atoms with Gasteiger partial charge in [0.25, 0.3) is 0 Å². The van der Waals surface area contributed by atoms with Crippen molar-refractivity contribution >= 4 is 0 Å². The van der Waals surface area contributed by atoms with E-state index in [0.717, 1.165) is 25.3 Å². The van der Waals surface area contributed by atoms with Crippen molar-refractivity contribution in [2.24, 2.45) is 14.1 Å². The van der Waals surface area contributed by atoms with Gasteiger partial charge in [0.15, 0.2) is 0 Å². The molecule has 5 nitrogen and oxygen atoms in total. The van der Waals surface area contributed by atoms with Gasteiger partial charge < -0.3 is 9.88 Å². The molecule has 0 aliphatic carbocycles. The Balaban J connectivity index is 1.92. The number of aromatic nitrogens is 4. The summed E-state index contributed by atoms with van der Waals surface area (Å²) >= 11 is 0. The first-order chi connectivity index (χ1) is 8.20. The lowest BCUT2D eigenvalue weighted by Crippen LogP contribution is -2.16. The monoisotopic (exact) mass is 233 g/mol. The molecule has 0 spiro atoms. The third-order valence-electron chi connectivity index (χ3n) is 2.85. The van der Waals surface area contributed by atoms with Gasteiger partial charge in [0.1, 0.15) is 5.82 Å². The van der Waals surface area contributed by atoms with Crippen molar-refractivity contribution in [3.8, 4) is 0 Å². The van der Waals surface area contributed by atoms with E-state index in [1.54, 1.807) is 0 Å². The standard InChI is InChI=1S/C12H19N5/c1-4-11-10(9-17(3)15-11)7-13-8-12-14-5-6-16(12)2/h5-6,9,13H,4,7-8H2,1-3H3. The highest BCUT2D eigenvalue weighted by atomic mass is 15.3. The largest absolute Gasteiger partial charge is 0.337 e. The molecule has 0 aliphatic heterocycles. The Bertz CT molecular complexity index is 483. The zero-order chi connectivity index (χ0) is 12.3. The first-order valence-corrected chi connectivity index (χ1v) is 5.89. The summed E-state index contributed by atoms with van der Waals surface area (Å²) in [6.07, 6.45) is 6.82. The number of aryl methyl sites for hydroxylation is 3. The van der Waals surface area contributed by atoms with Crippen LogP contribution >= 0.6 is 0 Å². The zero-order valence-corrected chi connectivity index (χ0v) is 10.6. The summed E-state index contributed by atoms with van der Waals surface area (Å²) in [5, 5.41) is 7.81. The molecular formula is C12H19N5. The number of nitrogens with zero attached hydrogens (tertiary/aromatic N) is 4. The van der Waals surface area contributed by atoms with Gasteiger partial charge in [-0.25, -0.2) is 4.98 Å². The molecule has 2 aromatic rings. The van der Waals surface area contributed by atoms with Crippen molar-refractivity contribution in [3.05, 3.63) is 35.7 Å². The predicted molar refractivity (Wildman–Crippen MR) is 66.3 cm³/mol. The van der Waals surface area contributed by atoms with Gasteiger partial charge in [-0.3, -0.25) is 4.68 Å². The van der Waals surface area contributed by atoms with Gasteiger partial charge in [-0.2, -0.15) is 5.10 Å². The topological polar surface area (TPSA) is 47.7 Å². The quantitative estimate of drug-likeness (QED) is 0.838. The average molecular weight is 233 g/mol. The maximum Gasteiger partial charge on any atom is 0.122 e. The highest BCUT2D eigenvalue weighted by Gasteiger charge is 2.05. The third kappa shape index (κ3) is 2.74. The van der Waals surface area contributed by atoms with Crippen LogP contribution in [0.5, 0.6) is 0 Å². The van der Waals surface area contributed by atoms with E-state index >= 15 is 0 Å². The summed E-state index contributed by atoms with van der Waals surface area (Å²) in [6, 6.07) is 0. The Labute approximate surface area is 101 Å². The SMILES string of the molecule is CCc1nn(C)cc1CNCc1nccn1C. The van der Waals surface area contributed by atoms with Crippen molar-refractivity contribution in [2.75, 3.05) is 0 Å².